The molecular formula is C73H141NO10. The molecule has 9 atom stereocenters. The summed E-state index contributed by atoms with van der Waals surface area (Å²) in [5.74, 6) is -0.702. The lowest BCUT2D eigenvalue weighted by Crippen LogP contribution is -2.60. The van der Waals surface area contributed by atoms with Crippen LogP contribution in [0, 0.1) is 0 Å². The van der Waals surface area contributed by atoms with Crippen LogP contribution in [0.2, 0.25) is 0 Å². The largest absolute Gasteiger partial charge is 0.394 e. The second-order valence-electron chi connectivity index (χ2n) is 26.0. The smallest absolute Gasteiger partial charge is 0.249 e. The van der Waals surface area contributed by atoms with Crippen LogP contribution in [-0.4, -0.2) is 110 Å². The molecule has 1 aliphatic heterocycles. The van der Waals surface area contributed by atoms with Gasteiger partial charge in [0.2, 0.25) is 5.91 Å². The molecule has 8 N–H and O–H groups in total. The van der Waals surface area contributed by atoms with E-state index in [9.17, 15) is 40.5 Å². The van der Waals surface area contributed by atoms with E-state index in [-0.39, 0.29) is 12.8 Å². The number of aliphatic hydroxyl groups is 7. The van der Waals surface area contributed by atoms with Crippen molar-refractivity contribution < 1.29 is 50.0 Å². The Morgan fingerprint density at radius 1 is 0.405 bits per heavy atom. The highest BCUT2D eigenvalue weighted by molar-refractivity contribution is 5.80. The third-order valence-electron chi connectivity index (χ3n) is 18.0. The third-order valence-corrected chi connectivity index (χ3v) is 18.0. The number of carbonyl (C=O) groups is 1. The Labute approximate surface area is 518 Å². The number of hydrogen-bond acceptors (Lipinski definition) is 10. The fourth-order valence-electron chi connectivity index (χ4n) is 12.1. The van der Waals surface area contributed by atoms with Crippen LogP contribution in [0.25, 0.3) is 0 Å². The van der Waals surface area contributed by atoms with E-state index in [1.165, 1.54) is 289 Å². The Balaban J connectivity index is 2.19. The Kier molecular flexibility index (Phi) is 59.3. The van der Waals surface area contributed by atoms with Gasteiger partial charge in [0.15, 0.2) is 6.29 Å². The number of carbonyl (C=O) groups excluding carboxylic acids is 1. The molecular weight excluding hydrogens is 1050 g/mol. The summed E-state index contributed by atoms with van der Waals surface area (Å²) in [5, 5.41) is 76.5. The summed E-state index contributed by atoms with van der Waals surface area (Å²) in [4.78, 5) is 13.3. The van der Waals surface area contributed by atoms with Crippen molar-refractivity contribution in [1.82, 2.24) is 5.32 Å². The van der Waals surface area contributed by atoms with E-state index in [1.54, 1.807) is 0 Å². The van der Waals surface area contributed by atoms with Gasteiger partial charge < -0.3 is 50.5 Å². The molecule has 1 heterocycles. The molecule has 498 valence electrons. The number of allylic oxidation sites excluding steroid dienone is 4. The molecule has 11 heteroatoms. The quantitative estimate of drug-likeness (QED) is 0.0215. The molecule has 9 unspecified atom stereocenters. The lowest BCUT2D eigenvalue weighted by molar-refractivity contribution is -0.303. The Bertz CT molecular complexity index is 1420. The number of unbranched alkanes of at least 4 members (excludes halogenated alkanes) is 49. The summed E-state index contributed by atoms with van der Waals surface area (Å²) < 4.78 is 11.2. The second kappa shape index (κ2) is 61.8. The van der Waals surface area contributed by atoms with Gasteiger partial charge >= 0.3 is 0 Å². The van der Waals surface area contributed by atoms with Gasteiger partial charge in [0.25, 0.3) is 0 Å². The number of aliphatic hydroxyl groups excluding tert-OH is 7. The molecule has 11 nitrogen and oxygen atoms in total. The number of hydrogen-bond donors (Lipinski definition) is 8. The van der Waals surface area contributed by atoms with E-state index in [2.05, 4.69) is 43.5 Å². The highest BCUT2D eigenvalue weighted by Crippen LogP contribution is 2.24. The maximum Gasteiger partial charge on any atom is 0.249 e. The molecule has 84 heavy (non-hydrogen) atoms. The highest BCUT2D eigenvalue weighted by Gasteiger charge is 2.44. The van der Waals surface area contributed by atoms with Crippen LogP contribution in [0.15, 0.2) is 24.3 Å². The lowest BCUT2D eigenvalue weighted by Gasteiger charge is -2.40. The van der Waals surface area contributed by atoms with Gasteiger partial charge in [0.1, 0.15) is 36.6 Å². The molecule has 0 bridgehead atoms. The van der Waals surface area contributed by atoms with Crippen LogP contribution in [-0.2, 0) is 14.3 Å². The minimum atomic E-state index is -1.67. The summed E-state index contributed by atoms with van der Waals surface area (Å²) in [6, 6.07) is -1.19. The van der Waals surface area contributed by atoms with Crippen molar-refractivity contribution in [2.45, 2.75) is 422 Å². The van der Waals surface area contributed by atoms with Crippen molar-refractivity contribution in [3.05, 3.63) is 24.3 Å². The van der Waals surface area contributed by atoms with Crippen LogP contribution in [0.5, 0.6) is 0 Å². The third kappa shape index (κ3) is 48.5. The molecule has 0 spiro atoms. The average Bonchev–Trinajstić information content (AvgIpc) is 3.66. The SMILES string of the molecule is CCCCCCCCCCCCCC/C=C\CCCCCCCCCCCC(O)C(=O)NC(COC1OC(CO)C(O)C(O)C1O)C(O)C(O)CCC/C=C/CCCCCCCCCCCCCCCCCCCCCCCCCCCCC. The molecule has 1 fully saturated rings. The van der Waals surface area contributed by atoms with Gasteiger partial charge in [-0.05, 0) is 64.2 Å². The Morgan fingerprint density at radius 3 is 1.02 bits per heavy atom. The first-order chi connectivity index (χ1) is 41.2. The highest BCUT2D eigenvalue weighted by atomic mass is 16.7. The molecule has 1 amide bonds. The number of ether oxygens (including phenoxy) is 2. The first kappa shape index (κ1) is 80.6. The van der Waals surface area contributed by atoms with E-state index < -0.39 is 74.2 Å². The standard InChI is InChI=1S/C73H141NO10/c1-3-5-7-9-11-13-15-17-19-21-23-25-27-29-30-31-32-33-34-35-37-38-40-42-44-46-48-50-52-54-56-58-60-65(76)68(78)64(63-83-73-71(81)70(80)69(79)67(62-75)84-73)74-72(82)66(77)61-59-57-55-53-51-49-47-45-43-41-39-36-28-26-24-22-20-18-16-14-12-10-8-6-4-2/h36,39,52,54,64-71,73,75-81H,3-35,37-38,40-51,53,55-63H2,1-2H3,(H,74,82)/b39-36-,54-52+. The molecule has 0 aromatic carbocycles. The minimum Gasteiger partial charge on any atom is -0.394 e. The maximum absolute atomic E-state index is 13.3. The van der Waals surface area contributed by atoms with Gasteiger partial charge in [-0.2, -0.15) is 0 Å². The van der Waals surface area contributed by atoms with E-state index in [1.807, 2.05) is 0 Å². The minimum absolute atomic E-state index is 0.254. The van der Waals surface area contributed by atoms with Crippen molar-refractivity contribution in [3.63, 3.8) is 0 Å². The monoisotopic (exact) mass is 1190 g/mol. The maximum atomic E-state index is 13.3. The molecule has 0 aliphatic carbocycles. The summed E-state index contributed by atoms with van der Waals surface area (Å²) >= 11 is 0. The average molecular weight is 1190 g/mol. The van der Waals surface area contributed by atoms with E-state index in [0.717, 1.165) is 38.5 Å². The zero-order valence-electron chi connectivity index (χ0n) is 55.2. The summed E-state index contributed by atoms with van der Waals surface area (Å²) in [6.07, 6.45) is 67.1. The predicted molar refractivity (Wildman–Crippen MR) is 353 cm³/mol. The lowest BCUT2D eigenvalue weighted by atomic mass is 9.98. The predicted octanol–water partition coefficient (Wildman–Crippen LogP) is 18.0. The Morgan fingerprint density at radius 2 is 0.702 bits per heavy atom. The normalized spacial score (nSPS) is 19.0. The number of nitrogens with one attached hydrogen (secondary N) is 1. The van der Waals surface area contributed by atoms with Gasteiger partial charge in [-0.25, -0.2) is 0 Å². The van der Waals surface area contributed by atoms with Crippen molar-refractivity contribution >= 4 is 5.91 Å². The van der Waals surface area contributed by atoms with Gasteiger partial charge in [0, 0.05) is 0 Å². The van der Waals surface area contributed by atoms with Crippen LogP contribution < -0.4 is 5.32 Å². The molecule has 0 aromatic rings. The van der Waals surface area contributed by atoms with E-state index >= 15 is 0 Å². The van der Waals surface area contributed by atoms with E-state index in [4.69, 9.17) is 9.47 Å². The summed E-state index contributed by atoms with van der Waals surface area (Å²) in [5.41, 5.74) is 0. The topological polar surface area (TPSA) is 189 Å². The molecule has 1 rings (SSSR count). The van der Waals surface area contributed by atoms with Crippen molar-refractivity contribution in [2.75, 3.05) is 13.2 Å². The van der Waals surface area contributed by atoms with E-state index in [0.29, 0.717) is 12.8 Å². The van der Waals surface area contributed by atoms with Crippen LogP contribution in [0.3, 0.4) is 0 Å². The van der Waals surface area contributed by atoms with Crippen molar-refractivity contribution in [2.24, 2.45) is 0 Å². The first-order valence-corrected chi connectivity index (χ1v) is 36.7. The molecule has 0 aromatic heterocycles. The molecule has 0 radical (unpaired) electrons. The van der Waals surface area contributed by atoms with Gasteiger partial charge in [-0.1, -0.05) is 327 Å². The molecule has 1 aliphatic rings. The fraction of sp³-hybridized carbons (Fsp3) is 0.932. The van der Waals surface area contributed by atoms with Gasteiger partial charge in [0.05, 0.1) is 25.4 Å². The van der Waals surface area contributed by atoms with Crippen LogP contribution in [0.1, 0.15) is 367 Å². The zero-order chi connectivity index (χ0) is 61.0. The van der Waals surface area contributed by atoms with Crippen molar-refractivity contribution in [3.8, 4) is 0 Å². The van der Waals surface area contributed by atoms with Gasteiger partial charge in [-0.3, -0.25) is 4.79 Å². The zero-order valence-corrected chi connectivity index (χ0v) is 55.2. The fourth-order valence-corrected chi connectivity index (χ4v) is 12.1. The number of amides is 1. The summed E-state index contributed by atoms with van der Waals surface area (Å²) in [7, 11) is 0. The first-order valence-electron chi connectivity index (χ1n) is 36.7. The van der Waals surface area contributed by atoms with Crippen LogP contribution >= 0.6 is 0 Å². The van der Waals surface area contributed by atoms with Crippen LogP contribution in [0.4, 0.5) is 0 Å². The second-order valence-corrected chi connectivity index (χ2v) is 26.0. The molecule has 1 saturated heterocycles. The van der Waals surface area contributed by atoms with Crippen molar-refractivity contribution in [1.29, 1.82) is 0 Å². The van der Waals surface area contributed by atoms with Gasteiger partial charge in [-0.15, -0.1) is 0 Å². The summed E-state index contributed by atoms with van der Waals surface area (Å²) in [6.45, 7) is 3.51. The molecule has 0 saturated carbocycles. The number of rotatable bonds is 65. The Hall–Kier alpha value is -1.41.